The van der Waals surface area contributed by atoms with Crippen molar-refractivity contribution in [3.63, 3.8) is 0 Å². The first kappa shape index (κ1) is 11.3. The maximum Gasteiger partial charge on any atom is 0.235 e. The van der Waals surface area contributed by atoms with Crippen molar-refractivity contribution < 1.29 is 9.18 Å². The minimum absolute atomic E-state index is 0.334. The van der Waals surface area contributed by atoms with Crippen molar-refractivity contribution in [1.29, 1.82) is 0 Å². The molecule has 0 bridgehead atoms. The number of aliphatic imine (C=N–C) groups is 1. The highest BCUT2D eigenvalue weighted by Gasteiger charge is 2.37. The Kier molecular flexibility index (Phi) is 3.08. The van der Waals surface area contributed by atoms with Gasteiger partial charge in [-0.3, -0.25) is 0 Å². The summed E-state index contributed by atoms with van der Waals surface area (Å²) in [5.41, 5.74) is 0.156. The van der Waals surface area contributed by atoms with Crippen LogP contribution in [0.25, 0.3) is 0 Å². The molecule has 1 saturated carbocycles. The van der Waals surface area contributed by atoms with Gasteiger partial charge in [-0.1, -0.05) is 30.5 Å². The van der Waals surface area contributed by atoms with Crippen LogP contribution in [0.15, 0.2) is 23.2 Å². The van der Waals surface area contributed by atoms with Crippen LogP contribution in [0.3, 0.4) is 0 Å². The summed E-state index contributed by atoms with van der Waals surface area (Å²) in [5.74, 6) is -0.378. The van der Waals surface area contributed by atoms with Crippen LogP contribution in [-0.4, -0.2) is 6.08 Å². The Labute approximate surface area is 98.1 Å². The van der Waals surface area contributed by atoms with Gasteiger partial charge in [-0.2, -0.15) is 4.99 Å². The molecule has 1 aromatic rings. The van der Waals surface area contributed by atoms with Crippen molar-refractivity contribution in [1.82, 2.24) is 0 Å². The number of carbonyl (C=O) groups excluding carboxylic acids is 1. The Bertz CT molecular complexity index is 448. The highest BCUT2D eigenvalue weighted by atomic mass is 35.5. The Hall–Kier alpha value is -1.18. The summed E-state index contributed by atoms with van der Waals surface area (Å²) in [6.07, 6.45) is 5.15. The van der Waals surface area contributed by atoms with E-state index in [4.69, 9.17) is 11.6 Å². The lowest BCUT2D eigenvalue weighted by molar-refractivity contribution is 0.455. The van der Waals surface area contributed by atoms with Gasteiger partial charge in [0.25, 0.3) is 0 Å². The third kappa shape index (κ3) is 1.89. The van der Waals surface area contributed by atoms with Gasteiger partial charge in [-0.25, -0.2) is 9.18 Å². The van der Waals surface area contributed by atoms with E-state index in [1.807, 2.05) is 0 Å². The van der Waals surface area contributed by atoms with Crippen molar-refractivity contribution in [3.05, 3.63) is 34.6 Å². The third-order valence-electron chi connectivity index (χ3n) is 3.12. The molecule has 1 fully saturated rings. The van der Waals surface area contributed by atoms with E-state index in [9.17, 15) is 9.18 Å². The second-order valence-corrected chi connectivity index (χ2v) is 4.47. The normalized spacial score (nSPS) is 18.1. The van der Waals surface area contributed by atoms with Gasteiger partial charge < -0.3 is 0 Å². The molecule has 16 heavy (non-hydrogen) atoms. The zero-order valence-corrected chi connectivity index (χ0v) is 9.43. The van der Waals surface area contributed by atoms with Crippen LogP contribution < -0.4 is 0 Å². The van der Waals surface area contributed by atoms with E-state index in [1.54, 1.807) is 12.1 Å². The van der Waals surface area contributed by atoms with Crippen LogP contribution in [0.5, 0.6) is 0 Å². The molecule has 84 valence electrons. The van der Waals surface area contributed by atoms with E-state index in [-0.39, 0.29) is 5.82 Å². The van der Waals surface area contributed by atoms with E-state index in [0.717, 1.165) is 31.2 Å². The fraction of sp³-hybridized carbons (Fsp3) is 0.417. The molecule has 0 heterocycles. The molecule has 2 rings (SSSR count). The van der Waals surface area contributed by atoms with E-state index in [2.05, 4.69) is 4.99 Å². The molecule has 0 unspecified atom stereocenters. The lowest BCUT2D eigenvalue weighted by Crippen LogP contribution is -2.19. The van der Waals surface area contributed by atoms with Crippen LogP contribution in [-0.2, 0) is 10.3 Å². The maximum absolute atomic E-state index is 13.0. The van der Waals surface area contributed by atoms with Crippen molar-refractivity contribution in [3.8, 4) is 0 Å². The number of hydrogen-bond donors (Lipinski definition) is 0. The van der Waals surface area contributed by atoms with Gasteiger partial charge in [-0.05, 0) is 30.5 Å². The van der Waals surface area contributed by atoms with Crippen molar-refractivity contribution in [2.75, 3.05) is 0 Å². The predicted octanol–water partition coefficient (Wildman–Crippen LogP) is 3.58. The van der Waals surface area contributed by atoms with Gasteiger partial charge in [-0.15, -0.1) is 0 Å². The van der Waals surface area contributed by atoms with E-state index in [0.29, 0.717) is 5.02 Å². The molecule has 0 aliphatic heterocycles. The Morgan fingerprint density at radius 1 is 1.38 bits per heavy atom. The molecule has 4 heteroatoms. The predicted molar refractivity (Wildman–Crippen MR) is 59.7 cm³/mol. The van der Waals surface area contributed by atoms with Gasteiger partial charge in [0, 0.05) is 5.02 Å². The Morgan fingerprint density at radius 3 is 2.62 bits per heavy atom. The largest absolute Gasteiger partial charge is 0.235 e. The first-order valence-corrected chi connectivity index (χ1v) is 5.60. The fourth-order valence-electron chi connectivity index (χ4n) is 2.36. The number of isocyanates is 1. The summed E-state index contributed by atoms with van der Waals surface area (Å²) in [4.78, 5) is 14.4. The van der Waals surface area contributed by atoms with Gasteiger partial charge >= 0.3 is 0 Å². The van der Waals surface area contributed by atoms with Gasteiger partial charge in [0.15, 0.2) is 0 Å². The van der Waals surface area contributed by atoms with Crippen LogP contribution in [0.1, 0.15) is 31.2 Å². The monoisotopic (exact) mass is 239 g/mol. The quantitative estimate of drug-likeness (QED) is 0.573. The minimum atomic E-state index is -0.577. The molecular weight excluding hydrogens is 229 g/mol. The number of rotatable bonds is 2. The molecule has 1 aliphatic rings. The molecule has 0 atom stereocenters. The maximum atomic E-state index is 13.0. The van der Waals surface area contributed by atoms with Crippen LogP contribution >= 0.6 is 11.6 Å². The van der Waals surface area contributed by atoms with Crippen molar-refractivity contribution in [2.24, 2.45) is 4.99 Å². The Balaban J connectivity index is 2.51. The summed E-state index contributed by atoms with van der Waals surface area (Å²) in [7, 11) is 0. The van der Waals surface area contributed by atoms with Crippen LogP contribution in [0.4, 0.5) is 4.39 Å². The second-order valence-electron chi connectivity index (χ2n) is 4.07. The first-order valence-electron chi connectivity index (χ1n) is 5.22. The standard InChI is InChI=1S/C12H11ClFNO/c13-11-7-9(14)3-4-10(11)12(15-8-16)5-1-2-6-12/h3-4,7H,1-2,5-6H2. The van der Waals surface area contributed by atoms with E-state index >= 15 is 0 Å². The van der Waals surface area contributed by atoms with Crippen molar-refractivity contribution in [2.45, 2.75) is 31.2 Å². The fourth-order valence-corrected chi connectivity index (χ4v) is 2.70. The molecule has 1 aromatic carbocycles. The van der Waals surface area contributed by atoms with Crippen molar-refractivity contribution >= 4 is 17.7 Å². The first-order chi connectivity index (χ1) is 7.68. The second kappa shape index (κ2) is 4.36. The number of nitrogens with zero attached hydrogens (tertiary/aromatic N) is 1. The molecule has 2 nitrogen and oxygen atoms in total. The van der Waals surface area contributed by atoms with E-state index < -0.39 is 5.54 Å². The molecular formula is C12H11ClFNO. The average molecular weight is 240 g/mol. The van der Waals surface area contributed by atoms with Crippen LogP contribution in [0, 0.1) is 5.82 Å². The number of hydrogen-bond acceptors (Lipinski definition) is 2. The molecule has 0 aromatic heterocycles. The molecule has 0 amide bonds. The molecule has 0 spiro atoms. The topological polar surface area (TPSA) is 29.4 Å². The van der Waals surface area contributed by atoms with Gasteiger partial charge in [0.05, 0.1) is 5.54 Å². The van der Waals surface area contributed by atoms with E-state index in [1.165, 1.54) is 12.1 Å². The number of halogens is 2. The summed E-state index contributed by atoms with van der Waals surface area (Å²) in [6, 6.07) is 4.22. The smallest absolute Gasteiger partial charge is 0.211 e. The zero-order valence-electron chi connectivity index (χ0n) is 8.67. The number of benzene rings is 1. The molecule has 1 aliphatic carbocycles. The summed E-state index contributed by atoms with van der Waals surface area (Å²) >= 11 is 6.01. The lowest BCUT2D eigenvalue weighted by Gasteiger charge is -2.23. The molecule has 0 saturated heterocycles. The van der Waals surface area contributed by atoms with Gasteiger partial charge in [0.2, 0.25) is 6.08 Å². The third-order valence-corrected chi connectivity index (χ3v) is 3.44. The molecule has 0 N–H and O–H groups in total. The average Bonchev–Trinajstić information content (AvgIpc) is 2.67. The minimum Gasteiger partial charge on any atom is -0.211 e. The van der Waals surface area contributed by atoms with Crippen LogP contribution in [0.2, 0.25) is 5.02 Å². The highest BCUT2D eigenvalue weighted by molar-refractivity contribution is 6.31. The lowest BCUT2D eigenvalue weighted by atomic mass is 9.89. The summed E-state index contributed by atoms with van der Waals surface area (Å²) < 4.78 is 13.0. The van der Waals surface area contributed by atoms with Gasteiger partial charge in [0.1, 0.15) is 5.82 Å². The zero-order chi connectivity index (χ0) is 11.6. The highest BCUT2D eigenvalue weighted by Crippen LogP contribution is 2.44. The SMILES string of the molecule is O=C=NC1(c2ccc(F)cc2Cl)CCCC1. The summed E-state index contributed by atoms with van der Waals surface area (Å²) in [5, 5.41) is 0.334. The molecule has 0 radical (unpaired) electrons. The Morgan fingerprint density at radius 2 is 2.06 bits per heavy atom. The summed E-state index contributed by atoms with van der Waals surface area (Å²) in [6.45, 7) is 0.